The predicted octanol–water partition coefficient (Wildman–Crippen LogP) is 4.45. The maximum atomic E-state index is 13.5. The second-order valence-corrected chi connectivity index (χ2v) is 9.17. The first-order valence-electron chi connectivity index (χ1n) is 10.4. The van der Waals surface area contributed by atoms with Gasteiger partial charge in [-0.25, -0.2) is 4.98 Å². The van der Waals surface area contributed by atoms with Crippen molar-refractivity contribution in [2.45, 2.75) is 55.0 Å². The molecule has 0 saturated heterocycles. The van der Waals surface area contributed by atoms with E-state index >= 15 is 0 Å². The van der Waals surface area contributed by atoms with E-state index in [1.165, 1.54) is 0 Å². The molecule has 6 nitrogen and oxygen atoms in total. The van der Waals surface area contributed by atoms with Gasteiger partial charge in [0.2, 0.25) is 0 Å². The van der Waals surface area contributed by atoms with Gasteiger partial charge in [0.25, 0.3) is 5.56 Å². The van der Waals surface area contributed by atoms with Crippen LogP contribution in [0.1, 0.15) is 64.3 Å². The Balaban J connectivity index is 2.04. The lowest BCUT2D eigenvalue weighted by molar-refractivity contribution is 0.101. The second kappa shape index (κ2) is 7.23. The quantitative estimate of drug-likeness (QED) is 0.615. The van der Waals surface area contributed by atoms with E-state index in [1.807, 2.05) is 27.7 Å². The molecule has 0 bridgehead atoms. The minimum absolute atomic E-state index is 0.0178. The Kier molecular flexibility index (Phi) is 4.97. The molecule has 0 atom stereocenters. The molecule has 1 aliphatic rings. The molecule has 0 aromatic carbocycles. The summed E-state index contributed by atoms with van der Waals surface area (Å²) in [6.07, 6.45) is 0. The van der Waals surface area contributed by atoms with Crippen molar-refractivity contribution in [2.75, 3.05) is 13.1 Å². The van der Waals surface area contributed by atoms with Crippen LogP contribution in [0.25, 0.3) is 21.5 Å². The van der Waals surface area contributed by atoms with E-state index in [1.54, 1.807) is 22.8 Å². The number of rotatable bonds is 5. The Hall–Kier alpha value is -2.67. The molecule has 0 aliphatic carbocycles. The molecular formula is C23H28N4O2S. The van der Waals surface area contributed by atoms with Gasteiger partial charge in [-0.3, -0.25) is 14.2 Å². The van der Waals surface area contributed by atoms with E-state index in [0.29, 0.717) is 6.54 Å². The van der Waals surface area contributed by atoms with Gasteiger partial charge in [-0.2, -0.15) is 0 Å². The van der Waals surface area contributed by atoms with Crippen LogP contribution in [0, 0.1) is 27.7 Å². The maximum absolute atomic E-state index is 13.5. The zero-order valence-electron chi connectivity index (χ0n) is 18.7. The van der Waals surface area contributed by atoms with E-state index in [-0.39, 0.29) is 11.3 Å². The lowest BCUT2D eigenvalue weighted by Gasteiger charge is -2.23. The Labute approximate surface area is 180 Å². The second-order valence-electron chi connectivity index (χ2n) is 7.97. The Bertz CT molecular complexity index is 1280. The summed E-state index contributed by atoms with van der Waals surface area (Å²) < 4.78 is 1.80. The molecule has 4 heterocycles. The fourth-order valence-corrected chi connectivity index (χ4v) is 5.69. The Morgan fingerprint density at radius 1 is 1.17 bits per heavy atom. The molecule has 0 fully saturated rings. The highest BCUT2D eigenvalue weighted by Gasteiger charge is 2.32. The molecule has 1 aliphatic heterocycles. The van der Waals surface area contributed by atoms with Crippen LogP contribution in [-0.4, -0.2) is 38.3 Å². The van der Waals surface area contributed by atoms with E-state index in [9.17, 15) is 9.59 Å². The zero-order chi connectivity index (χ0) is 21.9. The minimum atomic E-state index is 0.0178. The molecular weight excluding hydrogens is 396 g/mol. The molecule has 1 N–H and O–H groups in total. The van der Waals surface area contributed by atoms with Gasteiger partial charge in [-0.15, -0.1) is 11.3 Å². The number of aromatic amines is 1. The van der Waals surface area contributed by atoms with Gasteiger partial charge >= 0.3 is 0 Å². The number of aryl methyl sites for hydroxylation is 3. The number of aromatic nitrogens is 3. The van der Waals surface area contributed by atoms with Crippen molar-refractivity contribution in [3.63, 3.8) is 0 Å². The summed E-state index contributed by atoms with van der Waals surface area (Å²) >= 11 is 1.58. The van der Waals surface area contributed by atoms with Crippen LogP contribution in [0.3, 0.4) is 0 Å². The molecule has 0 saturated carbocycles. The number of hydrogen-bond acceptors (Lipinski definition) is 5. The average Bonchev–Trinajstić information content (AvgIpc) is 3.29. The molecule has 0 radical (unpaired) electrons. The molecule has 3 aromatic heterocycles. The van der Waals surface area contributed by atoms with Gasteiger partial charge in [0.05, 0.1) is 17.6 Å². The summed E-state index contributed by atoms with van der Waals surface area (Å²) in [6, 6.07) is 0. The number of allylic oxidation sites excluding steroid dienone is 1. The highest BCUT2D eigenvalue weighted by atomic mass is 32.1. The Morgan fingerprint density at radius 3 is 2.40 bits per heavy atom. The van der Waals surface area contributed by atoms with Crippen LogP contribution < -0.4 is 5.56 Å². The number of H-pyrrole nitrogens is 1. The summed E-state index contributed by atoms with van der Waals surface area (Å²) in [6.45, 7) is 15.8. The lowest BCUT2D eigenvalue weighted by Crippen LogP contribution is -2.25. The normalized spacial score (nSPS) is 13.4. The summed E-state index contributed by atoms with van der Waals surface area (Å²) in [5.74, 6) is 0.776. The number of hydrogen-bond donors (Lipinski definition) is 1. The summed E-state index contributed by atoms with van der Waals surface area (Å²) in [5.41, 5.74) is 6.53. The fraction of sp³-hybridized carbons (Fsp3) is 0.435. The van der Waals surface area contributed by atoms with Gasteiger partial charge in [-0.1, -0.05) is 0 Å². The summed E-state index contributed by atoms with van der Waals surface area (Å²) in [4.78, 5) is 38.2. The molecule has 0 unspecified atom stereocenters. The molecule has 4 rings (SSSR count). The third-order valence-electron chi connectivity index (χ3n) is 6.27. The zero-order valence-corrected chi connectivity index (χ0v) is 19.5. The van der Waals surface area contributed by atoms with E-state index in [0.717, 1.165) is 73.4 Å². The number of Topliss-reactive ketones (excluding diaryl/α,β-unsaturated/α-hetero) is 1. The number of ketones is 1. The topological polar surface area (TPSA) is 71.0 Å². The highest BCUT2D eigenvalue weighted by molar-refractivity contribution is 7.18. The highest BCUT2D eigenvalue weighted by Crippen LogP contribution is 2.38. The van der Waals surface area contributed by atoms with Gasteiger partial charge in [0.1, 0.15) is 4.83 Å². The first-order chi connectivity index (χ1) is 14.2. The summed E-state index contributed by atoms with van der Waals surface area (Å²) in [5, 5.41) is 0.727. The average molecular weight is 425 g/mol. The van der Waals surface area contributed by atoms with Crippen LogP contribution in [-0.2, 0) is 6.54 Å². The predicted molar refractivity (Wildman–Crippen MR) is 123 cm³/mol. The molecule has 0 spiro atoms. The molecule has 3 aromatic rings. The van der Waals surface area contributed by atoms with Crippen molar-refractivity contribution >= 4 is 38.6 Å². The summed E-state index contributed by atoms with van der Waals surface area (Å²) in [7, 11) is 0. The standard InChI is InChI=1S/C23H28N4O2S/c1-8-26(9-2)20-16(19-12(4)17(14(6)28)13(5)24-19)10-27-21(20)25-22-18(23(27)29)11(3)15(7)30-22/h24H,8-10H2,1-7H3. The fourth-order valence-electron chi connectivity index (χ4n) is 4.67. The Morgan fingerprint density at radius 2 is 1.83 bits per heavy atom. The number of carbonyl (C=O) groups is 1. The van der Waals surface area contributed by atoms with E-state index < -0.39 is 0 Å². The van der Waals surface area contributed by atoms with Crippen molar-refractivity contribution in [2.24, 2.45) is 0 Å². The van der Waals surface area contributed by atoms with Crippen LogP contribution in [0.2, 0.25) is 0 Å². The number of thiophene rings is 1. The first-order valence-corrected chi connectivity index (χ1v) is 11.2. The first kappa shape index (κ1) is 20.6. The molecule has 158 valence electrons. The van der Waals surface area contributed by atoms with Gasteiger partial charge in [-0.05, 0) is 59.6 Å². The van der Waals surface area contributed by atoms with Crippen molar-refractivity contribution in [1.29, 1.82) is 0 Å². The lowest BCUT2D eigenvalue weighted by atomic mass is 10.0. The van der Waals surface area contributed by atoms with Gasteiger partial charge in [0, 0.05) is 40.5 Å². The SMILES string of the molecule is CCN(CC)C1=C(c2[nH]c(C)c(C(C)=O)c2C)Cn2c1nc1sc(C)c(C)c1c2=O. The maximum Gasteiger partial charge on any atom is 0.263 e. The number of carbonyl (C=O) groups excluding carboxylic acids is 1. The van der Waals surface area contributed by atoms with Crippen molar-refractivity contribution < 1.29 is 4.79 Å². The van der Waals surface area contributed by atoms with Crippen molar-refractivity contribution in [3.05, 3.63) is 49.1 Å². The van der Waals surface area contributed by atoms with E-state index in [4.69, 9.17) is 4.98 Å². The van der Waals surface area contributed by atoms with Gasteiger partial charge in [0.15, 0.2) is 11.6 Å². The van der Waals surface area contributed by atoms with Crippen LogP contribution >= 0.6 is 11.3 Å². The van der Waals surface area contributed by atoms with Crippen molar-refractivity contribution in [3.8, 4) is 0 Å². The minimum Gasteiger partial charge on any atom is -0.369 e. The number of nitrogens with one attached hydrogen (secondary N) is 1. The molecule has 30 heavy (non-hydrogen) atoms. The van der Waals surface area contributed by atoms with Crippen LogP contribution in [0.15, 0.2) is 4.79 Å². The number of nitrogens with zero attached hydrogens (tertiary/aromatic N) is 3. The molecule has 7 heteroatoms. The largest absolute Gasteiger partial charge is 0.369 e. The van der Waals surface area contributed by atoms with Gasteiger partial charge < -0.3 is 9.88 Å². The molecule has 0 amide bonds. The number of fused-ring (bicyclic) bond motifs is 2. The monoisotopic (exact) mass is 424 g/mol. The third kappa shape index (κ3) is 2.79. The van der Waals surface area contributed by atoms with Crippen molar-refractivity contribution in [1.82, 2.24) is 19.4 Å². The smallest absolute Gasteiger partial charge is 0.263 e. The van der Waals surface area contributed by atoms with E-state index in [2.05, 4.69) is 23.7 Å². The third-order valence-corrected chi connectivity index (χ3v) is 7.37. The van der Waals surface area contributed by atoms with Crippen LogP contribution in [0.5, 0.6) is 0 Å². The van der Waals surface area contributed by atoms with Crippen LogP contribution in [0.4, 0.5) is 0 Å².